The Hall–Kier alpha value is -0.480. The molecule has 2 atom stereocenters. The zero-order chi connectivity index (χ0) is 15.5. The van der Waals surface area contributed by atoms with Gasteiger partial charge in [0.1, 0.15) is 0 Å². The Morgan fingerprint density at radius 3 is 2.35 bits per heavy atom. The topological polar surface area (TPSA) is 41.1 Å². The van der Waals surface area contributed by atoms with Gasteiger partial charge < -0.3 is 10.6 Å². The van der Waals surface area contributed by atoms with Gasteiger partial charge in [0, 0.05) is 35.1 Å². The van der Waals surface area contributed by atoms with Crippen LogP contribution in [0.25, 0.3) is 0 Å². The van der Waals surface area contributed by atoms with Crippen LogP contribution in [-0.4, -0.2) is 24.5 Å². The number of benzene rings is 1. The van der Waals surface area contributed by atoms with E-state index >= 15 is 0 Å². The summed E-state index contributed by atoms with van der Waals surface area (Å²) >= 11 is 12.0. The Morgan fingerprint density at radius 1 is 1.13 bits per heavy atom. The summed E-state index contributed by atoms with van der Waals surface area (Å²) in [5, 5.41) is 7.91. The minimum atomic E-state index is 0. The average molecular weight is 378 g/mol. The lowest BCUT2D eigenvalue weighted by atomic mass is 9.89. The molecule has 2 aliphatic rings. The highest BCUT2D eigenvalue weighted by molar-refractivity contribution is 6.34. The quantitative estimate of drug-likeness (QED) is 0.814. The van der Waals surface area contributed by atoms with Crippen LogP contribution < -0.4 is 10.6 Å². The van der Waals surface area contributed by atoms with Crippen molar-refractivity contribution in [1.29, 1.82) is 0 Å². The molecule has 0 radical (unpaired) electrons. The Kier molecular flexibility index (Phi) is 7.02. The van der Waals surface area contributed by atoms with Crippen LogP contribution in [0.3, 0.4) is 0 Å². The van der Waals surface area contributed by atoms with Gasteiger partial charge in [0.15, 0.2) is 0 Å². The van der Waals surface area contributed by atoms with Gasteiger partial charge in [-0.05, 0) is 61.8 Å². The van der Waals surface area contributed by atoms with Crippen molar-refractivity contribution in [3.8, 4) is 0 Å². The number of rotatable bonds is 5. The predicted octanol–water partition coefficient (Wildman–Crippen LogP) is 3.99. The minimum absolute atomic E-state index is 0. The van der Waals surface area contributed by atoms with Gasteiger partial charge in [0.25, 0.3) is 0 Å². The smallest absolute Gasteiger partial charge is 0.220 e. The molecular weight excluding hydrogens is 355 g/mol. The summed E-state index contributed by atoms with van der Waals surface area (Å²) in [4.78, 5) is 12.1. The van der Waals surface area contributed by atoms with Crippen LogP contribution in [0.1, 0.15) is 37.7 Å². The summed E-state index contributed by atoms with van der Waals surface area (Å²) in [6.45, 7) is 0.632. The second-order valence-electron chi connectivity index (χ2n) is 6.56. The monoisotopic (exact) mass is 376 g/mol. The number of hydrogen-bond acceptors (Lipinski definition) is 2. The molecule has 2 aliphatic heterocycles. The summed E-state index contributed by atoms with van der Waals surface area (Å²) in [7, 11) is 0. The standard InChI is InChI=1S/C17H22Cl2N2O.ClH/c18-13-5-11(6-14(19)10-13)3-4-20-17(22)9-12-7-15-1-2-16(8-12)21-15;/h5-6,10,12,15-16,21H,1-4,7-9H2,(H,20,22);1H. The first-order valence-electron chi connectivity index (χ1n) is 8.06. The molecule has 2 fully saturated rings. The second-order valence-corrected chi connectivity index (χ2v) is 7.43. The van der Waals surface area contributed by atoms with E-state index in [1.54, 1.807) is 6.07 Å². The van der Waals surface area contributed by atoms with E-state index in [-0.39, 0.29) is 18.3 Å². The largest absolute Gasteiger partial charge is 0.356 e. The van der Waals surface area contributed by atoms with Crippen molar-refractivity contribution in [2.45, 2.75) is 50.6 Å². The normalized spacial score (nSPS) is 25.7. The van der Waals surface area contributed by atoms with E-state index in [1.165, 1.54) is 12.8 Å². The molecule has 0 aromatic heterocycles. The molecule has 2 N–H and O–H groups in total. The number of halogens is 3. The first-order valence-corrected chi connectivity index (χ1v) is 8.82. The van der Waals surface area contributed by atoms with Crippen LogP contribution in [0, 0.1) is 5.92 Å². The molecule has 3 nitrogen and oxygen atoms in total. The first-order chi connectivity index (χ1) is 10.6. The molecular formula is C17H23Cl3N2O. The SMILES string of the molecule is Cl.O=C(CC1CC2CCC(C1)N2)NCCc1cc(Cl)cc(Cl)c1. The molecule has 2 unspecified atom stereocenters. The molecule has 2 bridgehead atoms. The molecule has 23 heavy (non-hydrogen) atoms. The maximum Gasteiger partial charge on any atom is 0.220 e. The zero-order valence-electron chi connectivity index (χ0n) is 13.0. The maximum absolute atomic E-state index is 12.1. The molecule has 0 aliphatic carbocycles. The van der Waals surface area contributed by atoms with Crippen molar-refractivity contribution in [1.82, 2.24) is 10.6 Å². The van der Waals surface area contributed by atoms with Crippen LogP contribution in [-0.2, 0) is 11.2 Å². The molecule has 0 saturated carbocycles. The molecule has 2 saturated heterocycles. The maximum atomic E-state index is 12.1. The van der Waals surface area contributed by atoms with Crippen molar-refractivity contribution in [2.75, 3.05) is 6.54 Å². The van der Waals surface area contributed by atoms with Gasteiger partial charge >= 0.3 is 0 Å². The summed E-state index contributed by atoms with van der Waals surface area (Å²) in [5.74, 6) is 0.707. The average Bonchev–Trinajstić information content (AvgIpc) is 2.77. The highest BCUT2D eigenvalue weighted by atomic mass is 35.5. The number of carbonyl (C=O) groups is 1. The molecule has 1 amide bonds. The highest BCUT2D eigenvalue weighted by Crippen LogP contribution is 2.32. The minimum Gasteiger partial charge on any atom is -0.356 e. The van der Waals surface area contributed by atoms with Gasteiger partial charge in [-0.15, -0.1) is 12.4 Å². The Labute approximate surface area is 153 Å². The third-order valence-electron chi connectivity index (χ3n) is 4.70. The number of carbonyl (C=O) groups excluding carboxylic acids is 1. The van der Waals surface area contributed by atoms with Gasteiger partial charge in [0.05, 0.1) is 0 Å². The Morgan fingerprint density at radius 2 is 1.74 bits per heavy atom. The fourth-order valence-electron chi connectivity index (χ4n) is 3.78. The van der Waals surface area contributed by atoms with Crippen LogP contribution >= 0.6 is 35.6 Å². The van der Waals surface area contributed by atoms with E-state index in [2.05, 4.69) is 10.6 Å². The van der Waals surface area contributed by atoms with Crippen molar-refractivity contribution >= 4 is 41.5 Å². The lowest BCUT2D eigenvalue weighted by molar-refractivity contribution is -0.122. The molecule has 0 spiro atoms. The summed E-state index contributed by atoms with van der Waals surface area (Å²) < 4.78 is 0. The van der Waals surface area contributed by atoms with Gasteiger partial charge in [-0.2, -0.15) is 0 Å². The predicted molar refractivity (Wildman–Crippen MR) is 97.7 cm³/mol. The van der Waals surface area contributed by atoms with Crippen molar-refractivity contribution in [3.05, 3.63) is 33.8 Å². The lowest BCUT2D eigenvalue weighted by Gasteiger charge is -2.28. The van der Waals surface area contributed by atoms with E-state index in [0.29, 0.717) is 41.0 Å². The number of hydrogen-bond donors (Lipinski definition) is 2. The van der Waals surface area contributed by atoms with Crippen molar-refractivity contribution in [3.63, 3.8) is 0 Å². The summed E-state index contributed by atoms with van der Waals surface area (Å²) in [6.07, 6.45) is 6.26. The van der Waals surface area contributed by atoms with Gasteiger partial charge in [-0.25, -0.2) is 0 Å². The fourth-order valence-corrected chi connectivity index (χ4v) is 4.35. The van der Waals surface area contributed by atoms with Gasteiger partial charge in [0.2, 0.25) is 5.91 Å². The Balaban J connectivity index is 0.00000192. The lowest BCUT2D eigenvalue weighted by Crippen LogP contribution is -2.39. The molecule has 1 aromatic carbocycles. The molecule has 3 rings (SSSR count). The van der Waals surface area contributed by atoms with Crippen molar-refractivity contribution in [2.24, 2.45) is 5.92 Å². The third-order valence-corrected chi connectivity index (χ3v) is 5.14. The number of fused-ring (bicyclic) bond motifs is 2. The Bertz CT molecular complexity index is 520. The van der Waals surface area contributed by atoms with Crippen LogP contribution in [0.5, 0.6) is 0 Å². The number of amides is 1. The van der Waals surface area contributed by atoms with Gasteiger partial charge in [-0.3, -0.25) is 4.79 Å². The highest BCUT2D eigenvalue weighted by Gasteiger charge is 2.33. The van der Waals surface area contributed by atoms with Crippen LogP contribution in [0.4, 0.5) is 0 Å². The van der Waals surface area contributed by atoms with Crippen LogP contribution in [0.15, 0.2) is 18.2 Å². The number of piperidine rings is 1. The molecule has 1 aromatic rings. The summed E-state index contributed by atoms with van der Waals surface area (Å²) in [6, 6.07) is 6.79. The van der Waals surface area contributed by atoms with Crippen molar-refractivity contribution < 1.29 is 4.79 Å². The van der Waals surface area contributed by atoms with E-state index in [9.17, 15) is 4.79 Å². The fraction of sp³-hybridized carbons (Fsp3) is 0.588. The second kappa shape index (κ2) is 8.57. The molecule has 2 heterocycles. The molecule has 6 heteroatoms. The van der Waals surface area contributed by atoms with E-state index < -0.39 is 0 Å². The van der Waals surface area contributed by atoms with E-state index in [1.807, 2.05) is 12.1 Å². The third kappa shape index (κ3) is 5.53. The van der Waals surface area contributed by atoms with E-state index in [4.69, 9.17) is 23.2 Å². The number of nitrogens with one attached hydrogen (secondary N) is 2. The van der Waals surface area contributed by atoms with Crippen LogP contribution in [0.2, 0.25) is 10.0 Å². The zero-order valence-corrected chi connectivity index (χ0v) is 15.3. The molecule has 128 valence electrons. The van der Waals surface area contributed by atoms with E-state index in [0.717, 1.165) is 24.8 Å². The summed E-state index contributed by atoms with van der Waals surface area (Å²) in [5.41, 5.74) is 1.05. The first kappa shape index (κ1) is 18.9. The van der Waals surface area contributed by atoms with Gasteiger partial charge in [-0.1, -0.05) is 23.2 Å².